The molecule has 1 aromatic rings. The molecule has 0 aliphatic heterocycles. The van der Waals surface area contributed by atoms with E-state index in [4.69, 9.17) is 0 Å². The Bertz CT molecular complexity index is 241. The summed E-state index contributed by atoms with van der Waals surface area (Å²) in [7, 11) is 0. The van der Waals surface area contributed by atoms with E-state index >= 15 is 0 Å². The summed E-state index contributed by atoms with van der Waals surface area (Å²) in [5.41, 5.74) is 2.83. The Morgan fingerprint density at radius 2 is 2.00 bits per heavy atom. The van der Waals surface area contributed by atoms with Gasteiger partial charge in [0, 0.05) is 4.47 Å². The minimum absolute atomic E-state index is 1.10. The second kappa shape index (κ2) is 3.91. The van der Waals surface area contributed by atoms with E-state index in [1.165, 1.54) is 15.6 Å². The molecule has 1 aromatic carbocycles. The molecule has 0 fully saturated rings. The van der Waals surface area contributed by atoms with Gasteiger partial charge in [-0.05, 0) is 36.1 Å². The lowest BCUT2D eigenvalue weighted by Crippen LogP contribution is -1.91. The molecule has 0 atom stereocenters. The molecule has 0 N–H and O–H groups in total. The molecule has 0 saturated heterocycles. The first kappa shape index (κ1) is 8.79. The quantitative estimate of drug-likeness (QED) is 0.704. The van der Waals surface area contributed by atoms with Crippen LogP contribution < -0.4 is 0 Å². The van der Waals surface area contributed by atoms with Crippen molar-refractivity contribution in [2.24, 2.45) is 0 Å². The van der Waals surface area contributed by atoms with Crippen molar-refractivity contribution in [3.63, 3.8) is 0 Å². The van der Waals surface area contributed by atoms with Gasteiger partial charge in [-0.1, -0.05) is 35.8 Å². The Morgan fingerprint density at radius 1 is 1.27 bits per heavy atom. The smallest absolute Gasteiger partial charge is 0.0216 e. The lowest BCUT2D eigenvalue weighted by molar-refractivity contribution is 1.03. The molecule has 0 unspecified atom stereocenters. The van der Waals surface area contributed by atoms with Crippen molar-refractivity contribution >= 4 is 15.9 Å². The Balaban J connectivity index is 3.13. The van der Waals surface area contributed by atoms with Crippen LogP contribution in [0.15, 0.2) is 16.6 Å². The van der Waals surface area contributed by atoms with Crippen LogP contribution in [-0.2, 0) is 12.8 Å². The van der Waals surface area contributed by atoms with E-state index in [1.807, 2.05) is 6.07 Å². The molecule has 0 heterocycles. The first-order chi connectivity index (χ1) is 5.29. The van der Waals surface area contributed by atoms with Crippen LogP contribution in [-0.4, -0.2) is 0 Å². The van der Waals surface area contributed by atoms with Gasteiger partial charge in [-0.15, -0.1) is 0 Å². The SMILES string of the molecule is CCc1c[c]cc(Br)c1CC. The van der Waals surface area contributed by atoms with Crippen LogP contribution in [0.1, 0.15) is 25.0 Å². The Morgan fingerprint density at radius 3 is 2.45 bits per heavy atom. The molecular weight excluding hydrogens is 200 g/mol. The molecule has 1 rings (SSSR count). The highest BCUT2D eigenvalue weighted by molar-refractivity contribution is 9.10. The molecule has 0 amide bonds. The van der Waals surface area contributed by atoms with Crippen LogP contribution in [0.4, 0.5) is 0 Å². The Kier molecular flexibility index (Phi) is 3.13. The van der Waals surface area contributed by atoms with Gasteiger partial charge in [0.1, 0.15) is 0 Å². The second-order valence-electron chi connectivity index (χ2n) is 2.51. The lowest BCUT2D eigenvalue weighted by Gasteiger charge is -2.06. The van der Waals surface area contributed by atoms with Crippen molar-refractivity contribution in [2.45, 2.75) is 26.7 Å². The molecule has 1 heteroatoms. The van der Waals surface area contributed by atoms with Gasteiger partial charge in [-0.25, -0.2) is 0 Å². The normalized spacial score (nSPS) is 10.1. The Labute approximate surface area is 76.8 Å². The first-order valence-electron chi connectivity index (χ1n) is 3.97. The second-order valence-corrected chi connectivity index (χ2v) is 3.37. The van der Waals surface area contributed by atoms with Crippen molar-refractivity contribution in [3.8, 4) is 0 Å². The summed E-state index contributed by atoms with van der Waals surface area (Å²) < 4.78 is 1.19. The fourth-order valence-electron chi connectivity index (χ4n) is 1.25. The van der Waals surface area contributed by atoms with E-state index < -0.39 is 0 Å². The average molecular weight is 212 g/mol. The molecule has 0 bridgehead atoms. The van der Waals surface area contributed by atoms with Crippen LogP contribution >= 0.6 is 15.9 Å². The van der Waals surface area contributed by atoms with Crippen LogP contribution in [0, 0.1) is 6.07 Å². The zero-order valence-corrected chi connectivity index (χ0v) is 8.53. The molecule has 11 heavy (non-hydrogen) atoms. The fraction of sp³-hybridized carbons (Fsp3) is 0.400. The average Bonchev–Trinajstić information content (AvgIpc) is 2.04. The highest BCUT2D eigenvalue weighted by Crippen LogP contribution is 2.20. The standard InChI is InChI=1S/C10H12Br/c1-3-8-6-5-7-10(11)9(8)4-2/h6-7H,3-4H2,1-2H3. The summed E-state index contributed by atoms with van der Waals surface area (Å²) in [4.78, 5) is 0. The van der Waals surface area contributed by atoms with Gasteiger partial charge in [0.15, 0.2) is 0 Å². The predicted octanol–water partition coefficient (Wildman–Crippen LogP) is 3.37. The van der Waals surface area contributed by atoms with Crippen molar-refractivity contribution in [1.82, 2.24) is 0 Å². The maximum absolute atomic E-state index is 3.52. The number of aryl methyl sites for hydroxylation is 1. The van der Waals surface area contributed by atoms with Crippen molar-refractivity contribution < 1.29 is 0 Å². The minimum Gasteiger partial charge on any atom is -0.0613 e. The number of hydrogen-bond donors (Lipinski definition) is 0. The van der Waals surface area contributed by atoms with Gasteiger partial charge < -0.3 is 0 Å². The predicted molar refractivity (Wildman–Crippen MR) is 51.7 cm³/mol. The van der Waals surface area contributed by atoms with E-state index in [-0.39, 0.29) is 0 Å². The summed E-state index contributed by atoms with van der Waals surface area (Å²) in [6.45, 7) is 4.36. The fourth-order valence-corrected chi connectivity index (χ4v) is 1.92. The van der Waals surface area contributed by atoms with Gasteiger partial charge in [-0.3, -0.25) is 0 Å². The van der Waals surface area contributed by atoms with E-state index in [1.54, 1.807) is 0 Å². The van der Waals surface area contributed by atoms with Gasteiger partial charge in [0.2, 0.25) is 0 Å². The molecule has 1 radical (unpaired) electrons. The third-order valence-corrected chi connectivity index (χ3v) is 2.59. The van der Waals surface area contributed by atoms with E-state index in [0.717, 1.165) is 12.8 Å². The van der Waals surface area contributed by atoms with Crippen molar-refractivity contribution in [3.05, 3.63) is 33.8 Å². The van der Waals surface area contributed by atoms with Gasteiger partial charge in [0.05, 0.1) is 0 Å². The van der Waals surface area contributed by atoms with Crippen molar-refractivity contribution in [2.75, 3.05) is 0 Å². The van der Waals surface area contributed by atoms with Crippen LogP contribution in [0.2, 0.25) is 0 Å². The minimum atomic E-state index is 1.10. The first-order valence-corrected chi connectivity index (χ1v) is 4.76. The molecule has 0 aromatic heterocycles. The highest BCUT2D eigenvalue weighted by Gasteiger charge is 2.01. The largest absolute Gasteiger partial charge is 0.0613 e. The number of benzene rings is 1. The molecule has 0 aliphatic carbocycles. The molecule has 0 nitrogen and oxygen atoms in total. The third kappa shape index (κ3) is 1.84. The maximum Gasteiger partial charge on any atom is 0.0216 e. The molecule has 0 saturated carbocycles. The number of hydrogen-bond acceptors (Lipinski definition) is 0. The van der Waals surface area contributed by atoms with Crippen molar-refractivity contribution in [1.29, 1.82) is 0 Å². The van der Waals surface area contributed by atoms with Crippen LogP contribution in [0.5, 0.6) is 0 Å². The van der Waals surface area contributed by atoms with Crippen LogP contribution in [0.25, 0.3) is 0 Å². The highest BCUT2D eigenvalue weighted by atomic mass is 79.9. The molecule has 59 valence electrons. The monoisotopic (exact) mass is 211 g/mol. The molecule has 0 spiro atoms. The topological polar surface area (TPSA) is 0 Å². The number of halogens is 1. The summed E-state index contributed by atoms with van der Waals surface area (Å²) in [6.07, 6.45) is 2.19. The van der Waals surface area contributed by atoms with E-state index in [0.29, 0.717) is 0 Å². The van der Waals surface area contributed by atoms with Gasteiger partial charge in [0.25, 0.3) is 0 Å². The maximum atomic E-state index is 3.52. The number of rotatable bonds is 2. The summed E-state index contributed by atoms with van der Waals surface area (Å²) in [6, 6.07) is 7.17. The summed E-state index contributed by atoms with van der Waals surface area (Å²) in [5.74, 6) is 0. The molecular formula is C10H12Br. The lowest BCUT2D eigenvalue weighted by atomic mass is 10.0. The Hall–Kier alpha value is -0.300. The van der Waals surface area contributed by atoms with Gasteiger partial charge in [-0.2, -0.15) is 0 Å². The molecule has 0 aliphatic rings. The summed E-state index contributed by atoms with van der Waals surface area (Å²) in [5, 5.41) is 0. The summed E-state index contributed by atoms with van der Waals surface area (Å²) >= 11 is 3.52. The van der Waals surface area contributed by atoms with Crippen LogP contribution in [0.3, 0.4) is 0 Å². The van der Waals surface area contributed by atoms with E-state index in [2.05, 4.69) is 41.9 Å². The zero-order valence-electron chi connectivity index (χ0n) is 6.95. The zero-order chi connectivity index (χ0) is 8.27. The van der Waals surface area contributed by atoms with Gasteiger partial charge >= 0.3 is 0 Å². The third-order valence-electron chi connectivity index (χ3n) is 1.88. The van der Waals surface area contributed by atoms with E-state index in [9.17, 15) is 0 Å².